The van der Waals surface area contributed by atoms with Gasteiger partial charge >= 0.3 is 0 Å². The van der Waals surface area contributed by atoms with Crippen molar-refractivity contribution in [2.45, 2.75) is 63.1 Å². The van der Waals surface area contributed by atoms with Crippen molar-refractivity contribution in [3.63, 3.8) is 0 Å². The van der Waals surface area contributed by atoms with Crippen LogP contribution in [-0.2, 0) is 9.53 Å². The van der Waals surface area contributed by atoms with Crippen molar-refractivity contribution < 1.29 is 33.6 Å². The Kier molecular flexibility index (Phi) is 10.4. The normalized spacial score (nSPS) is 21.6. The first-order valence-electron chi connectivity index (χ1n) is 15.9. The molecule has 5 atom stereocenters. The van der Waals surface area contributed by atoms with E-state index in [0.717, 1.165) is 24.2 Å². The van der Waals surface area contributed by atoms with Gasteiger partial charge in [-0.3, -0.25) is 9.59 Å². The van der Waals surface area contributed by atoms with Gasteiger partial charge in [-0.05, 0) is 67.4 Å². The second-order valence-corrected chi connectivity index (χ2v) is 17.6. The molecule has 3 aromatic carbocycles. The molecule has 246 valence electrons. The Bertz CT molecular complexity index is 1510. The lowest BCUT2D eigenvalue weighted by Crippen LogP contribution is -2.55. The SMILES string of the molecule is COc1ccc(C(=O)Nc2ccc3c(c2)[C@@H](OC)[C@H](C)[C@@H](C(CC(=O)N2CCC[C@H]2CO)[Si](C)(C)c2ccc(OC)cc2)O3)cc1. The van der Waals surface area contributed by atoms with Crippen molar-refractivity contribution in [2.75, 3.05) is 39.8 Å². The van der Waals surface area contributed by atoms with E-state index < -0.39 is 8.07 Å². The van der Waals surface area contributed by atoms with Gasteiger partial charge in [0.15, 0.2) is 0 Å². The molecule has 1 saturated heterocycles. The fourth-order valence-electron chi connectivity index (χ4n) is 7.08. The molecule has 0 radical (unpaired) electrons. The van der Waals surface area contributed by atoms with Crippen molar-refractivity contribution >= 4 is 30.8 Å². The van der Waals surface area contributed by atoms with Crippen LogP contribution >= 0.6 is 0 Å². The van der Waals surface area contributed by atoms with Crippen molar-refractivity contribution in [3.05, 3.63) is 77.9 Å². The second kappa shape index (κ2) is 14.3. The third-order valence-corrected chi connectivity index (χ3v) is 14.1. The molecule has 2 N–H and O–H groups in total. The number of amides is 2. The number of rotatable bonds is 11. The van der Waals surface area contributed by atoms with E-state index in [-0.39, 0.29) is 48.1 Å². The Balaban J connectivity index is 1.46. The topological polar surface area (TPSA) is 107 Å². The summed E-state index contributed by atoms with van der Waals surface area (Å²) in [6.07, 6.45) is 1.41. The number of likely N-dealkylation sites (tertiary alicyclic amines) is 1. The van der Waals surface area contributed by atoms with E-state index in [9.17, 15) is 14.7 Å². The Morgan fingerprint density at radius 1 is 1.00 bits per heavy atom. The van der Waals surface area contributed by atoms with Crippen LogP contribution in [0.3, 0.4) is 0 Å². The number of ether oxygens (including phenoxy) is 4. The van der Waals surface area contributed by atoms with Gasteiger partial charge in [0.1, 0.15) is 23.4 Å². The number of nitrogens with zero attached hydrogens (tertiary/aromatic N) is 1. The number of nitrogens with one attached hydrogen (secondary N) is 1. The van der Waals surface area contributed by atoms with Gasteiger partial charge in [-0.15, -0.1) is 0 Å². The Labute approximate surface area is 272 Å². The molecule has 0 spiro atoms. The molecule has 2 aliphatic rings. The van der Waals surface area contributed by atoms with Crippen LogP contribution in [0, 0.1) is 5.92 Å². The summed E-state index contributed by atoms with van der Waals surface area (Å²) in [7, 11) is 2.56. The molecule has 0 saturated carbocycles. The smallest absolute Gasteiger partial charge is 0.255 e. The van der Waals surface area contributed by atoms with Gasteiger partial charge < -0.3 is 34.3 Å². The first kappa shape index (κ1) is 33.5. The summed E-state index contributed by atoms with van der Waals surface area (Å²) in [5.74, 6) is 1.88. The second-order valence-electron chi connectivity index (χ2n) is 12.9. The van der Waals surface area contributed by atoms with E-state index >= 15 is 0 Å². The maximum atomic E-state index is 13.9. The molecule has 1 fully saturated rings. The molecular weight excluding hydrogens is 600 g/mol. The molecule has 0 bridgehead atoms. The van der Waals surface area contributed by atoms with Crippen LogP contribution in [0.25, 0.3) is 0 Å². The molecule has 46 heavy (non-hydrogen) atoms. The number of aliphatic hydroxyl groups excluding tert-OH is 1. The third kappa shape index (κ3) is 6.79. The average molecular weight is 647 g/mol. The first-order valence-corrected chi connectivity index (χ1v) is 19.0. The third-order valence-electron chi connectivity index (χ3n) is 9.90. The fourth-order valence-corrected chi connectivity index (χ4v) is 10.4. The minimum absolute atomic E-state index is 0.0253. The molecule has 1 unspecified atom stereocenters. The van der Waals surface area contributed by atoms with Crippen molar-refractivity contribution in [1.29, 1.82) is 0 Å². The standard InChI is InChI=1S/C36H46N2O7Si/c1-23-34(44-4)30-20-25(37-36(41)24-9-12-27(42-2)13-10-24)11-18-31(30)45-35(23)32(21-33(40)38-19-7-8-26(38)22-39)46(5,6)29-16-14-28(43-3)15-17-29/h9-18,20,23,26,32,34-35,39H,7-8,19,21-22H2,1-6H3,(H,37,41)/t23-,26-,32?,34-,35-/m0/s1. The summed E-state index contributed by atoms with van der Waals surface area (Å²) < 4.78 is 23.6. The Hall–Kier alpha value is -3.86. The lowest BCUT2D eigenvalue weighted by atomic mass is 9.86. The number of carbonyl (C=O) groups is 2. The van der Waals surface area contributed by atoms with Crippen molar-refractivity contribution in [2.24, 2.45) is 5.92 Å². The van der Waals surface area contributed by atoms with Gasteiger partial charge in [-0.1, -0.05) is 37.3 Å². The lowest BCUT2D eigenvalue weighted by molar-refractivity contribution is -0.133. The van der Waals surface area contributed by atoms with Gasteiger partial charge in [0, 0.05) is 48.3 Å². The van der Waals surface area contributed by atoms with Gasteiger partial charge in [-0.25, -0.2) is 0 Å². The zero-order valence-electron chi connectivity index (χ0n) is 27.6. The quantitative estimate of drug-likeness (QED) is 0.269. The minimum atomic E-state index is -2.37. The highest BCUT2D eigenvalue weighted by molar-refractivity contribution is 6.91. The molecule has 2 amide bonds. The maximum Gasteiger partial charge on any atom is 0.255 e. The number of benzene rings is 3. The van der Waals surface area contributed by atoms with Crippen LogP contribution < -0.4 is 24.7 Å². The van der Waals surface area contributed by atoms with Crippen LogP contribution in [-0.4, -0.2) is 76.5 Å². The van der Waals surface area contributed by atoms with Gasteiger partial charge in [-0.2, -0.15) is 0 Å². The first-order chi connectivity index (χ1) is 22.1. The average Bonchev–Trinajstić information content (AvgIpc) is 3.56. The molecule has 10 heteroatoms. The zero-order chi connectivity index (χ0) is 33.0. The largest absolute Gasteiger partial charge is 0.497 e. The van der Waals surface area contributed by atoms with Crippen LogP contribution in [0.5, 0.6) is 17.2 Å². The highest BCUT2D eigenvalue weighted by Gasteiger charge is 2.49. The summed E-state index contributed by atoms with van der Waals surface area (Å²) in [4.78, 5) is 28.8. The molecule has 3 aromatic rings. The van der Waals surface area contributed by atoms with Gasteiger partial charge in [0.05, 0.1) is 41.0 Å². The fraction of sp³-hybridized carbons (Fsp3) is 0.444. The number of fused-ring (bicyclic) bond motifs is 1. The molecule has 0 aliphatic carbocycles. The van der Waals surface area contributed by atoms with E-state index in [0.29, 0.717) is 35.7 Å². The van der Waals surface area contributed by atoms with Crippen molar-refractivity contribution in [3.8, 4) is 17.2 Å². The molecule has 5 rings (SSSR count). The van der Waals surface area contributed by atoms with Crippen LogP contribution in [0.15, 0.2) is 66.7 Å². The van der Waals surface area contributed by atoms with Gasteiger partial charge in [0.2, 0.25) is 5.91 Å². The van der Waals surface area contributed by atoms with E-state index in [1.165, 1.54) is 5.19 Å². The predicted molar refractivity (Wildman–Crippen MR) is 181 cm³/mol. The van der Waals surface area contributed by atoms with Crippen LogP contribution in [0.2, 0.25) is 18.6 Å². The summed E-state index contributed by atoms with van der Waals surface area (Å²) in [6.45, 7) is 7.35. The van der Waals surface area contributed by atoms with Gasteiger partial charge in [0.25, 0.3) is 5.91 Å². The van der Waals surface area contributed by atoms with E-state index in [1.54, 1.807) is 45.6 Å². The highest BCUT2D eigenvalue weighted by atomic mass is 28.3. The lowest BCUT2D eigenvalue weighted by Gasteiger charge is -2.46. The number of hydrogen-bond donors (Lipinski definition) is 2. The number of anilines is 1. The molecule has 9 nitrogen and oxygen atoms in total. The molecule has 2 aliphatic heterocycles. The minimum Gasteiger partial charge on any atom is -0.497 e. The summed E-state index contributed by atoms with van der Waals surface area (Å²) in [5.41, 5.74) is 1.92. The molecule has 0 aromatic heterocycles. The monoisotopic (exact) mass is 646 g/mol. The van der Waals surface area contributed by atoms with Crippen LogP contribution in [0.1, 0.15) is 48.2 Å². The number of hydrogen-bond acceptors (Lipinski definition) is 7. The molecular formula is C36H46N2O7Si. The summed E-state index contributed by atoms with van der Waals surface area (Å²) in [6, 6.07) is 20.6. The Morgan fingerprint density at radius 3 is 2.26 bits per heavy atom. The van der Waals surface area contributed by atoms with Crippen molar-refractivity contribution in [1.82, 2.24) is 4.90 Å². The predicted octanol–water partition coefficient (Wildman–Crippen LogP) is 5.40. The number of aliphatic hydroxyl groups is 1. The molecule has 2 heterocycles. The van der Waals surface area contributed by atoms with E-state index in [2.05, 4.69) is 37.5 Å². The highest BCUT2D eigenvalue weighted by Crippen LogP contribution is 2.48. The zero-order valence-corrected chi connectivity index (χ0v) is 28.6. The Morgan fingerprint density at radius 2 is 1.65 bits per heavy atom. The summed E-state index contributed by atoms with van der Waals surface area (Å²) >= 11 is 0. The van der Waals surface area contributed by atoms with E-state index in [1.807, 2.05) is 35.2 Å². The maximum absolute atomic E-state index is 13.9. The van der Waals surface area contributed by atoms with E-state index in [4.69, 9.17) is 18.9 Å². The summed E-state index contributed by atoms with van der Waals surface area (Å²) in [5, 5.41) is 14.2. The van der Waals surface area contributed by atoms with Crippen LogP contribution in [0.4, 0.5) is 5.69 Å². The number of methoxy groups -OCH3 is 3. The number of carbonyl (C=O) groups excluding carboxylic acids is 2.